The van der Waals surface area contributed by atoms with Crippen LogP contribution in [0.15, 0.2) is 48.5 Å². The zero-order valence-corrected chi connectivity index (χ0v) is 18.8. The zero-order chi connectivity index (χ0) is 20.7. The van der Waals surface area contributed by atoms with Crippen LogP contribution in [0.2, 0.25) is 0 Å². The van der Waals surface area contributed by atoms with E-state index < -0.39 is 0 Å². The van der Waals surface area contributed by atoms with E-state index >= 15 is 0 Å². The predicted molar refractivity (Wildman–Crippen MR) is 125 cm³/mol. The lowest BCUT2D eigenvalue weighted by atomic mass is 10.0. The minimum atomic E-state index is 0.152. The Morgan fingerprint density at radius 1 is 0.621 bits per heavy atom. The first-order chi connectivity index (χ1) is 14.2. The first-order valence-corrected chi connectivity index (χ1v) is 11.7. The highest BCUT2D eigenvalue weighted by atomic mass is 16.5. The van der Waals surface area contributed by atoms with E-state index in [1.54, 1.807) is 0 Å². The minimum Gasteiger partial charge on any atom is -0.494 e. The van der Waals surface area contributed by atoms with E-state index in [0.29, 0.717) is 0 Å². The quantitative estimate of drug-likeness (QED) is 0.281. The van der Waals surface area contributed by atoms with Gasteiger partial charge in [0, 0.05) is 6.61 Å². The Kier molecular flexibility index (Phi) is 11.5. The van der Waals surface area contributed by atoms with Crippen LogP contribution in [0.1, 0.15) is 90.2 Å². The van der Waals surface area contributed by atoms with E-state index in [-0.39, 0.29) is 6.10 Å². The molecule has 2 heteroatoms. The van der Waals surface area contributed by atoms with Crippen LogP contribution in [0.5, 0.6) is 5.75 Å². The van der Waals surface area contributed by atoms with Gasteiger partial charge >= 0.3 is 0 Å². The minimum absolute atomic E-state index is 0.152. The van der Waals surface area contributed by atoms with Crippen molar-refractivity contribution in [3.63, 3.8) is 0 Å². The molecule has 0 amide bonds. The molecule has 0 aromatic heterocycles. The molecule has 1 atom stereocenters. The summed E-state index contributed by atoms with van der Waals surface area (Å²) in [6.45, 7) is 8.29. The predicted octanol–water partition coefficient (Wildman–Crippen LogP) is 8.36. The lowest BCUT2D eigenvalue weighted by Crippen LogP contribution is -2.01. The van der Waals surface area contributed by atoms with Gasteiger partial charge in [0.2, 0.25) is 0 Å². The molecule has 1 unspecified atom stereocenters. The SMILES string of the molecule is CCCCCCCOc1ccc(-c2ccc(C(C)OCCCCCC)cc2)cc1. The summed E-state index contributed by atoms with van der Waals surface area (Å²) in [5.74, 6) is 0.964. The first-order valence-electron chi connectivity index (χ1n) is 11.7. The summed E-state index contributed by atoms with van der Waals surface area (Å²) in [4.78, 5) is 0. The molecule has 2 aromatic rings. The summed E-state index contributed by atoms with van der Waals surface area (Å²) in [6.07, 6.45) is 11.5. The van der Waals surface area contributed by atoms with Crippen LogP contribution in [0.3, 0.4) is 0 Å². The average Bonchev–Trinajstić information content (AvgIpc) is 2.76. The molecule has 0 saturated carbocycles. The molecule has 0 aliphatic carbocycles. The Morgan fingerprint density at radius 3 is 1.76 bits per heavy atom. The van der Waals surface area contributed by atoms with Crippen LogP contribution >= 0.6 is 0 Å². The maximum Gasteiger partial charge on any atom is 0.119 e. The molecule has 0 spiro atoms. The van der Waals surface area contributed by atoms with E-state index in [1.165, 1.54) is 61.6 Å². The summed E-state index contributed by atoms with van der Waals surface area (Å²) < 4.78 is 11.9. The standard InChI is InChI=1S/C27H40O2/c1-4-6-8-10-12-22-29-27-19-17-26(18-20-27)25-15-13-24(14-16-25)23(3)28-21-11-9-7-5-2/h13-20,23H,4-12,21-22H2,1-3H3. The molecule has 0 N–H and O–H groups in total. The van der Waals surface area contributed by atoms with Gasteiger partial charge in [-0.1, -0.05) is 95.2 Å². The first kappa shape index (κ1) is 23.5. The number of unbranched alkanes of at least 4 members (excludes halogenated alkanes) is 7. The second kappa shape index (κ2) is 14.2. The molecule has 0 radical (unpaired) electrons. The molecular weight excluding hydrogens is 356 g/mol. The number of hydrogen-bond acceptors (Lipinski definition) is 2. The van der Waals surface area contributed by atoms with Crippen molar-refractivity contribution in [3.8, 4) is 16.9 Å². The van der Waals surface area contributed by atoms with Crippen LogP contribution in [0.4, 0.5) is 0 Å². The number of ether oxygens (including phenoxy) is 2. The average molecular weight is 397 g/mol. The molecule has 0 bridgehead atoms. The van der Waals surface area contributed by atoms with Gasteiger partial charge in [-0.25, -0.2) is 0 Å². The molecule has 2 aromatic carbocycles. The van der Waals surface area contributed by atoms with Crippen molar-refractivity contribution in [2.75, 3.05) is 13.2 Å². The molecule has 0 saturated heterocycles. The van der Waals surface area contributed by atoms with Gasteiger partial charge in [0.1, 0.15) is 5.75 Å². The monoisotopic (exact) mass is 396 g/mol. The van der Waals surface area contributed by atoms with Gasteiger partial charge in [-0.3, -0.25) is 0 Å². The van der Waals surface area contributed by atoms with Crippen molar-refractivity contribution < 1.29 is 9.47 Å². The van der Waals surface area contributed by atoms with Crippen LogP contribution in [-0.2, 0) is 4.74 Å². The fourth-order valence-corrected chi connectivity index (χ4v) is 3.47. The van der Waals surface area contributed by atoms with E-state index in [1.807, 2.05) is 0 Å². The van der Waals surface area contributed by atoms with Crippen molar-refractivity contribution in [2.24, 2.45) is 0 Å². The second-order valence-electron chi connectivity index (χ2n) is 7.98. The molecule has 160 valence electrons. The molecule has 29 heavy (non-hydrogen) atoms. The maximum atomic E-state index is 5.99. The molecule has 0 fully saturated rings. The Balaban J connectivity index is 1.77. The summed E-state index contributed by atoms with van der Waals surface area (Å²) in [5, 5.41) is 0. The summed E-state index contributed by atoms with van der Waals surface area (Å²) in [6, 6.07) is 17.2. The van der Waals surface area contributed by atoms with Gasteiger partial charge in [-0.05, 0) is 48.6 Å². The third-order valence-corrected chi connectivity index (χ3v) is 5.45. The number of benzene rings is 2. The molecular formula is C27H40O2. The Morgan fingerprint density at radius 2 is 1.14 bits per heavy atom. The van der Waals surface area contributed by atoms with Crippen LogP contribution < -0.4 is 4.74 Å². The summed E-state index contributed by atoms with van der Waals surface area (Å²) in [5.41, 5.74) is 3.70. The Hall–Kier alpha value is -1.80. The van der Waals surface area contributed by atoms with E-state index in [0.717, 1.165) is 31.8 Å². The summed E-state index contributed by atoms with van der Waals surface area (Å²) >= 11 is 0. The highest BCUT2D eigenvalue weighted by Crippen LogP contribution is 2.25. The lowest BCUT2D eigenvalue weighted by Gasteiger charge is -2.14. The fourth-order valence-electron chi connectivity index (χ4n) is 3.47. The van der Waals surface area contributed by atoms with Gasteiger partial charge in [0.25, 0.3) is 0 Å². The van der Waals surface area contributed by atoms with E-state index in [4.69, 9.17) is 9.47 Å². The Labute approximate surface area is 178 Å². The van der Waals surface area contributed by atoms with Crippen molar-refractivity contribution in [1.29, 1.82) is 0 Å². The molecule has 2 nitrogen and oxygen atoms in total. The highest BCUT2D eigenvalue weighted by molar-refractivity contribution is 5.64. The zero-order valence-electron chi connectivity index (χ0n) is 18.8. The van der Waals surface area contributed by atoms with E-state index in [9.17, 15) is 0 Å². The van der Waals surface area contributed by atoms with Gasteiger partial charge in [-0.15, -0.1) is 0 Å². The topological polar surface area (TPSA) is 18.5 Å². The molecule has 0 aliphatic heterocycles. The van der Waals surface area contributed by atoms with Crippen molar-refractivity contribution in [3.05, 3.63) is 54.1 Å². The third-order valence-electron chi connectivity index (χ3n) is 5.45. The van der Waals surface area contributed by atoms with Gasteiger partial charge < -0.3 is 9.47 Å². The molecule has 0 aliphatic rings. The third kappa shape index (κ3) is 9.04. The summed E-state index contributed by atoms with van der Waals surface area (Å²) in [7, 11) is 0. The normalized spacial score (nSPS) is 12.1. The highest BCUT2D eigenvalue weighted by Gasteiger charge is 2.06. The van der Waals surface area contributed by atoms with E-state index in [2.05, 4.69) is 69.3 Å². The second-order valence-corrected chi connectivity index (χ2v) is 7.98. The van der Waals surface area contributed by atoms with Crippen LogP contribution in [0, 0.1) is 0 Å². The van der Waals surface area contributed by atoms with Crippen LogP contribution in [-0.4, -0.2) is 13.2 Å². The number of hydrogen-bond donors (Lipinski definition) is 0. The lowest BCUT2D eigenvalue weighted by molar-refractivity contribution is 0.0628. The fraction of sp³-hybridized carbons (Fsp3) is 0.556. The smallest absolute Gasteiger partial charge is 0.119 e. The van der Waals surface area contributed by atoms with Gasteiger partial charge in [-0.2, -0.15) is 0 Å². The van der Waals surface area contributed by atoms with Crippen molar-refractivity contribution >= 4 is 0 Å². The van der Waals surface area contributed by atoms with Crippen molar-refractivity contribution in [1.82, 2.24) is 0 Å². The maximum absolute atomic E-state index is 5.99. The Bertz CT molecular complexity index is 645. The van der Waals surface area contributed by atoms with Gasteiger partial charge in [0.15, 0.2) is 0 Å². The molecule has 0 heterocycles. The molecule has 2 rings (SSSR count). The number of rotatable bonds is 15. The van der Waals surface area contributed by atoms with Gasteiger partial charge in [0.05, 0.1) is 12.7 Å². The largest absolute Gasteiger partial charge is 0.494 e. The van der Waals surface area contributed by atoms with Crippen molar-refractivity contribution in [2.45, 2.75) is 84.7 Å². The van der Waals surface area contributed by atoms with Crippen LogP contribution in [0.25, 0.3) is 11.1 Å².